The van der Waals surface area contributed by atoms with E-state index in [9.17, 15) is 9.59 Å². The van der Waals surface area contributed by atoms with Crippen molar-refractivity contribution in [3.63, 3.8) is 0 Å². The third-order valence-electron chi connectivity index (χ3n) is 1.76. The average Bonchev–Trinajstić information content (AvgIpc) is 2.15. The van der Waals surface area contributed by atoms with Crippen LogP contribution in [0.15, 0.2) is 30.3 Å². The van der Waals surface area contributed by atoms with Gasteiger partial charge in [0, 0.05) is 6.92 Å². The summed E-state index contributed by atoms with van der Waals surface area (Å²) < 4.78 is 4.91. The Labute approximate surface area is 82.7 Å². The van der Waals surface area contributed by atoms with Gasteiger partial charge < -0.3 is 4.74 Å². The molecule has 0 heterocycles. The molecule has 1 aromatic carbocycles. The van der Waals surface area contributed by atoms with Gasteiger partial charge in [-0.3, -0.25) is 9.59 Å². The van der Waals surface area contributed by atoms with Crippen molar-refractivity contribution in [2.45, 2.75) is 20.0 Å². The lowest BCUT2D eigenvalue weighted by atomic mass is 10.1. The summed E-state index contributed by atoms with van der Waals surface area (Å²) in [7, 11) is 0. The predicted octanol–water partition coefficient (Wildman–Crippen LogP) is 1.88. The van der Waals surface area contributed by atoms with Crippen LogP contribution in [-0.2, 0) is 14.3 Å². The Morgan fingerprint density at radius 3 is 2.14 bits per heavy atom. The van der Waals surface area contributed by atoms with Gasteiger partial charge in [0.05, 0.1) is 0 Å². The monoisotopic (exact) mass is 192 g/mol. The SMILES string of the molecule is CC(=O)O[C@@H](C(C)=O)c1ccccc1. The number of benzene rings is 1. The van der Waals surface area contributed by atoms with Gasteiger partial charge in [-0.25, -0.2) is 0 Å². The van der Waals surface area contributed by atoms with Crippen molar-refractivity contribution in [1.29, 1.82) is 0 Å². The first kappa shape index (κ1) is 10.4. The zero-order valence-electron chi connectivity index (χ0n) is 8.19. The quantitative estimate of drug-likeness (QED) is 0.687. The first-order valence-corrected chi connectivity index (χ1v) is 4.34. The van der Waals surface area contributed by atoms with Crippen LogP contribution >= 0.6 is 0 Å². The van der Waals surface area contributed by atoms with E-state index in [0.717, 1.165) is 0 Å². The molecule has 1 rings (SSSR count). The molecular formula is C11H12O3. The topological polar surface area (TPSA) is 43.4 Å². The minimum atomic E-state index is -0.770. The second kappa shape index (κ2) is 4.56. The lowest BCUT2D eigenvalue weighted by Gasteiger charge is -2.13. The molecule has 3 nitrogen and oxygen atoms in total. The molecule has 0 fully saturated rings. The van der Waals surface area contributed by atoms with Gasteiger partial charge in [-0.1, -0.05) is 30.3 Å². The Kier molecular flexibility index (Phi) is 3.40. The highest BCUT2D eigenvalue weighted by molar-refractivity contribution is 5.84. The number of esters is 1. The number of ketones is 1. The molecule has 0 aliphatic rings. The van der Waals surface area contributed by atoms with Gasteiger partial charge in [-0.2, -0.15) is 0 Å². The Balaban J connectivity index is 2.89. The van der Waals surface area contributed by atoms with E-state index in [-0.39, 0.29) is 5.78 Å². The second-order valence-corrected chi connectivity index (χ2v) is 3.01. The standard InChI is InChI=1S/C11H12O3/c1-8(12)11(14-9(2)13)10-6-4-3-5-7-10/h3-7,11H,1-2H3/t11-/m0/s1. The predicted molar refractivity (Wildman–Crippen MR) is 51.6 cm³/mol. The van der Waals surface area contributed by atoms with Crippen LogP contribution in [0.2, 0.25) is 0 Å². The molecule has 0 unspecified atom stereocenters. The lowest BCUT2D eigenvalue weighted by molar-refractivity contribution is -0.152. The van der Waals surface area contributed by atoms with E-state index in [2.05, 4.69) is 0 Å². The lowest BCUT2D eigenvalue weighted by Crippen LogP contribution is -2.15. The Morgan fingerprint density at radius 1 is 1.14 bits per heavy atom. The molecule has 3 heteroatoms. The average molecular weight is 192 g/mol. The normalized spacial score (nSPS) is 11.9. The molecule has 0 aromatic heterocycles. The number of rotatable bonds is 3. The maximum atomic E-state index is 11.2. The highest BCUT2D eigenvalue weighted by Crippen LogP contribution is 2.17. The highest BCUT2D eigenvalue weighted by atomic mass is 16.5. The number of Topliss-reactive ketones (excluding diaryl/α,β-unsaturated/α-hetero) is 1. The molecule has 1 aromatic rings. The molecule has 0 aliphatic heterocycles. The van der Waals surface area contributed by atoms with E-state index in [1.54, 1.807) is 24.3 Å². The molecule has 0 saturated heterocycles. The summed E-state index contributed by atoms with van der Waals surface area (Å²) in [6.07, 6.45) is -0.770. The molecule has 0 N–H and O–H groups in total. The summed E-state index contributed by atoms with van der Waals surface area (Å²) >= 11 is 0. The molecule has 14 heavy (non-hydrogen) atoms. The number of hydrogen-bond acceptors (Lipinski definition) is 3. The van der Waals surface area contributed by atoms with Crippen LogP contribution in [0.4, 0.5) is 0 Å². The van der Waals surface area contributed by atoms with E-state index in [1.807, 2.05) is 6.07 Å². The summed E-state index contributed by atoms with van der Waals surface area (Å²) in [6.45, 7) is 2.69. The van der Waals surface area contributed by atoms with Crippen LogP contribution in [0, 0.1) is 0 Å². The summed E-state index contributed by atoms with van der Waals surface area (Å²) in [6, 6.07) is 8.96. The third-order valence-corrected chi connectivity index (χ3v) is 1.76. The Hall–Kier alpha value is -1.64. The van der Waals surface area contributed by atoms with Crippen molar-refractivity contribution in [2.75, 3.05) is 0 Å². The second-order valence-electron chi connectivity index (χ2n) is 3.01. The van der Waals surface area contributed by atoms with E-state index in [0.29, 0.717) is 5.56 Å². The molecule has 0 amide bonds. The molecule has 74 valence electrons. The van der Waals surface area contributed by atoms with E-state index < -0.39 is 12.1 Å². The minimum absolute atomic E-state index is 0.175. The summed E-state index contributed by atoms with van der Waals surface area (Å²) in [5.74, 6) is -0.625. The maximum Gasteiger partial charge on any atom is 0.303 e. The highest BCUT2D eigenvalue weighted by Gasteiger charge is 2.18. The molecule has 0 bridgehead atoms. The van der Waals surface area contributed by atoms with Gasteiger partial charge >= 0.3 is 5.97 Å². The Morgan fingerprint density at radius 2 is 1.71 bits per heavy atom. The summed E-state index contributed by atoms with van der Waals surface area (Å²) in [5, 5.41) is 0. The van der Waals surface area contributed by atoms with Crippen LogP contribution in [0.25, 0.3) is 0 Å². The number of carbonyl (C=O) groups excluding carboxylic acids is 2. The van der Waals surface area contributed by atoms with Crippen molar-refractivity contribution >= 4 is 11.8 Å². The van der Waals surface area contributed by atoms with Crippen LogP contribution in [0.5, 0.6) is 0 Å². The van der Waals surface area contributed by atoms with Gasteiger partial charge in [0.15, 0.2) is 11.9 Å². The van der Waals surface area contributed by atoms with Crippen LogP contribution in [0.1, 0.15) is 25.5 Å². The molecule has 1 atom stereocenters. The number of carbonyl (C=O) groups is 2. The van der Waals surface area contributed by atoms with E-state index >= 15 is 0 Å². The molecule has 0 aliphatic carbocycles. The van der Waals surface area contributed by atoms with Crippen molar-refractivity contribution in [3.05, 3.63) is 35.9 Å². The fourth-order valence-electron chi connectivity index (χ4n) is 1.18. The zero-order chi connectivity index (χ0) is 10.6. The van der Waals surface area contributed by atoms with Crippen molar-refractivity contribution in [3.8, 4) is 0 Å². The van der Waals surface area contributed by atoms with Crippen molar-refractivity contribution < 1.29 is 14.3 Å². The zero-order valence-corrected chi connectivity index (χ0v) is 8.19. The number of hydrogen-bond donors (Lipinski definition) is 0. The van der Waals surface area contributed by atoms with Gasteiger partial charge in [-0.15, -0.1) is 0 Å². The summed E-state index contributed by atoms with van der Waals surface area (Å²) in [5.41, 5.74) is 0.704. The fraction of sp³-hybridized carbons (Fsp3) is 0.273. The van der Waals surface area contributed by atoms with Gasteiger partial charge in [0.2, 0.25) is 0 Å². The smallest absolute Gasteiger partial charge is 0.303 e. The van der Waals surface area contributed by atoms with E-state index in [4.69, 9.17) is 4.74 Å². The molecule has 0 spiro atoms. The van der Waals surface area contributed by atoms with Crippen molar-refractivity contribution in [2.24, 2.45) is 0 Å². The first-order chi connectivity index (χ1) is 6.61. The van der Waals surface area contributed by atoms with Crippen LogP contribution in [-0.4, -0.2) is 11.8 Å². The largest absolute Gasteiger partial charge is 0.450 e. The molecule has 0 radical (unpaired) electrons. The molecular weight excluding hydrogens is 180 g/mol. The van der Waals surface area contributed by atoms with Crippen LogP contribution < -0.4 is 0 Å². The van der Waals surface area contributed by atoms with Crippen molar-refractivity contribution in [1.82, 2.24) is 0 Å². The van der Waals surface area contributed by atoms with Gasteiger partial charge in [0.25, 0.3) is 0 Å². The first-order valence-electron chi connectivity index (χ1n) is 4.34. The van der Waals surface area contributed by atoms with Crippen LogP contribution in [0.3, 0.4) is 0 Å². The maximum absolute atomic E-state index is 11.2. The summed E-state index contributed by atoms with van der Waals surface area (Å²) in [4.78, 5) is 22.0. The van der Waals surface area contributed by atoms with Gasteiger partial charge in [-0.05, 0) is 12.5 Å². The fourth-order valence-corrected chi connectivity index (χ4v) is 1.18. The minimum Gasteiger partial charge on any atom is -0.450 e. The van der Waals surface area contributed by atoms with Gasteiger partial charge in [0.1, 0.15) is 0 Å². The van der Waals surface area contributed by atoms with E-state index in [1.165, 1.54) is 13.8 Å². The third kappa shape index (κ3) is 2.69. The number of ether oxygens (including phenoxy) is 1. The molecule has 0 saturated carbocycles. The Bertz CT molecular complexity index is 330.